The number of nitrogens with zero attached hydrogens (tertiary/aromatic N) is 3. The molecule has 0 aliphatic carbocycles. The molecule has 2 aromatic heterocycles. The van der Waals surface area contributed by atoms with Gasteiger partial charge in [0.05, 0.1) is 28.5 Å². The average molecular weight is 548 g/mol. The zero-order valence-electron chi connectivity index (χ0n) is 22.6. The molecule has 1 atom stereocenters. The molecule has 0 N–H and O–H groups in total. The molecule has 6 rings (SSSR count). The van der Waals surface area contributed by atoms with Gasteiger partial charge in [0.2, 0.25) is 0 Å². The molecule has 6 nitrogen and oxygen atoms in total. The highest BCUT2D eigenvalue weighted by molar-refractivity contribution is 7.07. The van der Waals surface area contributed by atoms with Gasteiger partial charge in [0.25, 0.3) is 5.56 Å². The number of rotatable bonds is 6. The molecule has 0 saturated carbocycles. The molecular weight excluding hydrogens is 518 g/mol. The van der Waals surface area contributed by atoms with Crippen LogP contribution in [0.1, 0.15) is 42.1 Å². The highest BCUT2D eigenvalue weighted by Crippen LogP contribution is 2.31. The Kier molecular flexibility index (Phi) is 6.82. The zero-order chi connectivity index (χ0) is 27.8. The van der Waals surface area contributed by atoms with E-state index in [1.54, 1.807) is 11.5 Å². The summed E-state index contributed by atoms with van der Waals surface area (Å²) in [5, 5.41) is 1.07. The largest absolute Gasteiger partial charge is 0.463 e. The number of ether oxygens (including phenoxy) is 1. The molecule has 0 radical (unpaired) electrons. The Morgan fingerprint density at radius 1 is 1.00 bits per heavy atom. The predicted molar refractivity (Wildman–Crippen MR) is 159 cm³/mol. The summed E-state index contributed by atoms with van der Waals surface area (Å²) in [6.45, 7) is 6.57. The Bertz CT molecular complexity index is 1940. The van der Waals surface area contributed by atoms with E-state index in [0.29, 0.717) is 20.6 Å². The lowest BCUT2D eigenvalue weighted by Gasteiger charge is -2.24. The Morgan fingerprint density at radius 3 is 2.48 bits per heavy atom. The third kappa shape index (κ3) is 4.62. The van der Waals surface area contributed by atoms with Crippen molar-refractivity contribution in [1.29, 1.82) is 0 Å². The second-order valence-electron chi connectivity index (χ2n) is 9.93. The molecule has 0 fully saturated rings. The van der Waals surface area contributed by atoms with Crippen molar-refractivity contribution in [2.24, 2.45) is 4.99 Å². The van der Waals surface area contributed by atoms with Gasteiger partial charge in [-0.15, -0.1) is 0 Å². The molecule has 0 spiro atoms. The monoisotopic (exact) mass is 547 g/mol. The van der Waals surface area contributed by atoms with Crippen molar-refractivity contribution in [2.45, 2.75) is 33.4 Å². The number of para-hydroxylation sites is 1. The molecule has 3 aromatic carbocycles. The van der Waals surface area contributed by atoms with Gasteiger partial charge >= 0.3 is 5.97 Å². The average Bonchev–Trinajstić information content (AvgIpc) is 3.45. The smallest absolute Gasteiger partial charge is 0.338 e. The van der Waals surface area contributed by atoms with Crippen molar-refractivity contribution in [1.82, 2.24) is 9.13 Å². The summed E-state index contributed by atoms with van der Waals surface area (Å²) < 4.78 is 9.83. The first kappa shape index (κ1) is 25.8. The quantitative estimate of drug-likeness (QED) is 0.278. The molecule has 0 amide bonds. The molecule has 7 heteroatoms. The fourth-order valence-electron chi connectivity index (χ4n) is 5.30. The standard InChI is InChI=1S/C33H29N3O3S/c1-4-39-32(38)29-22(3)34-33-36(30(29)24-16-14-21(2)15-17-24)31(37)28(40-33)18-25-20-35(19-23-10-6-5-7-11-23)27-13-9-8-12-26(25)27/h5-18,20,30H,4,19H2,1-3H3/b28-18-/t30-/m0/s1. The Morgan fingerprint density at radius 2 is 1.73 bits per heavy atom. The van der Waals surface area contributed by atoms with Crippen LogP contribution in [0.15, 0.2) is 106 Å². The molecule has 0 saturated heterocycles. The van der Waals surface area contributed by atoms with Crippen LogP contribution in [0.4, 0.5) is 0 Å². The molecular formula is C33H29N3O3S. The van der Waals surface area contributed by atoms with Crippen LogP contribution in [0.3, 0.4) is 0 Å². The first-order valence-electron chi connectivity index (χ1n) is 13.3. The number of fused-ring (bicyclic) bond motifs is 2. The van der Waals surface area contributed by atoms with E-state index in [-0.39, 0.29) is 12.2 Å². The fraction of sp³-hybridized carbons (Fsp3) is 0.182. The molecule has 1 aliphatic rings. The summed E-state index contributed by atoms with van der Waals surface area (Å²) >= 11 is 1.34. The third-order valence-corrected chi connectivity index (χ3v) is 8.19. The molecule has 0 unspecified atom stereocenters. The van der Waals surface area contributed by atoms with Crippen molar-refractivity contribution in [2.75, 3.05) is 6.61 Å². The van der Waals surface area contributed by atoms with E-state index in [9.17, 15) is 9.59 Å². The summed E-state index contributed by atoms with van der Waals surface area (Å²) in [6, 6.07) is 25.8. The SMILES string of the molecule is CCOC(=O)C1=C(C)N=c2s/c(=C\c3cn(Cc4ccccc4)c4ccccc34)c(=O)n2[C@H]1c1ccc(C)cc1. The van der Waals surface area contributed by atoms with E-state index < -0.39 is 12.0 Å². The zero-order valence-corrected chi connectivity index (χ0v) is 23.4. The number of aryl methyl sites for hydroxylation is 1. The van der Waals surface area contributed by atoms with Gasteiger partial charge in [0.1, 0.15) is 0 Å². The number of thiazole rings is 1. The number of carbonyl (C=O) groups is 1. The van der Waals surface area contributed by atoms with E-state index in [1.165, 1.54) is 16.9 Å². The van der Waals surface area contributed by atoms with Crippen molar-refractivity contribution >= 4 is 34.3 Å². The number of hydrogen-bond acceptors (Lipinski definition) is 5. The minimum Gasteiger partial charge on any atom is -0.463 e. The minimum atomic E-state index is -0.613. The maximum absolute atomic E-state index is 14.0. The van der Waals surface area contributed by atoms with Gasteiger partial charge in [0.15, 0.2) is 4.80 Å². The number of allylic oxidation sites excluding steroid dienone is 1. The van der Waals surface area contributed by atoms with Crippen LogP contribution in [0.5, 0.6) is 0 Å². The molecule has 40 heavy (non-hydrogen) atoms. The van der Waals surface area contributed by atoms with Crippen molar-refractivity contribution in [3.63, 3.8) is 0 Å². The lowest BCUT2D eigenvalue weighted by molar-refractivity contribution is -0.139. The van der Waals surface area contributed by atoms with Crippen LogP contribution in [0.25, 0.3) is 17.0 Å². The molecule has 5 aromatic rings. The summed E-state index contributed by atoms with van der Waals surface area (Å²) in [6.07, 6.45) is 4.05. The predicted octanol–water partition coefficient (Wildman–Crippen LogP) is 5.11. The second-order valence-corrected chi connectivity index (χ2v) is 10.9. The number of hydrogen-bond donors (Lipinski definition) is 0. The first-order chi connectivity index (χ1) is 19.4. The Balaban J connectivity index is 1.52. The maximum Gasteiger partial charge on any atom is 0.338 e. The number of benzene rings is 3. The topological polar surface area (TPSA) is 65.6 Å². The van der Waals surface area contributed by atoms with Crippen LogP contribution in [-0.4, -0.2) is 21.7 Å². The van der Waals surface area contributed by atoms with E-state index in [2.05, 4.69) is 35.0 Å². The van der Waals surface area contributed by atoms with Gasteiger partial charge in [-0.1, -0.05) is 89.7 Å². The van der Waals surface area contributed by atoms with Crippen molar-refractivity contribution in [3.05, 3.63) is 138 Å². The Hall–Kier alpha value is -4.49. The molecule has 1 aliphatic heterocycles. The number of aromatic nitrogens is 2. The van der Waals surface area contributed by atoms with E-state index >= 15 is 0 Å². The van der Waals surface area contributed by atoms with E-state index in [4.69, 9.17) is 9.73 Å². The van der Waals surface area contributed by atoms with Crippen LogP contribution in [0.2, 0.25) is 0 Å². The molecule has 0 bridgehead atoms. The summed E-state index contributed by atoms with van der Waals surface area (Å²) in [5.74, 6) is -0.451. The fourth-order valence-corrected chi connectivity index (χ4v) is 6.34. The summed E-state index contributed by atoms with van der Waals surface area (Å²) in [5.41, 5.74) is 5.99. The maximum atomic E-state index is 14.0. The number of esters is 1. The number of carbonyl (C=O) groups excluding carboxylic acids is 1. The van der Waals surface area contributed by atoms with Crippen LogP contribution < -0.4 is 14.9 Å². The molecule has 3 heterocycles. The lowest BCUT2D eigenvalue weighted by atomic mass is 9.95. The van der Waals surface area contributed by atoms with Gasteiger partial charge in [-0.05, 0) is 44.0 Å². The summed E-state index contributed by atoms with van der Waals surface area (Å²) in [4.78, 5) is 32.4. The normalized spacial score (nSPS) is 15.3. The third-order valence-electron chi connectivity index (χ3n) is 7.21. The van der Waals surface area contributed by atoms with Crippen LogP contribution in [0, 0.1) is 6.92 Å². The van der Waals surface area contributed by atoms with Gasteiger partial charge in [-0.2, -0.15) is 0 Å². The van der Waals surface area contributed by atoms with Crippen LogP contribution in [-0.2, 0) is 16.1 Å². The van der Waals surface area contributed by atoms with Gasteiger partial charge in [0, 0.05) is 29.2 Å². The lowest BCUT2D eigenvalue weighted by Crippen LogP contribution is -2.39. The first-order valence-corrected chi connectivity index (χ1v) is 14.1. The highest BCUT2D eigenvalue weighted by Gasteiger charge is 2.33. The van der Waals surface area contributed by atoms with Gasteiger partial charge in [-0.25, -0.2) is 9.79 Å². The summed E-state index contributed by atoms with van der Waals surface area (Å²) in [7, 11) is 0. The molecule has 200 valence electrons. The highest BCUT2D eigenvalue weighted by atomic mass is 32.1. The van der Waals surface area contributed by atoms with E-state index in [0.717, 1.165) is 34.1 Å². The minimum absolute atomic E-state index is 0.177. The van der Waals surface area contributed by atoms with Gasteiger partial charge in [-0.3, -0.25) is 9.36 Å². The van der Waals surface area contributed by atoms with Crippen molar-refractivity contribution in [3.8, 4) is 0 Å². The second kappa shape index (κ2) is 10.6. The van der Waals surface area contributed by atoms with Crippen LogP contribution >= 0.6 is 11.3 Å². The van der Waals surface area contributed by atoms with Gasteiger partial charge < -0.3 is 9.30 Å². The van der Waals surface area contributed by atoms with E-state index in [1.807, 2.05) is 74.5 Å². The Labute approximate surface area is 235 Å². The van der Waals surface area contributed by atoms with Crippen molar-refractivity contribution < 1.29 is 9.53 Å².